The molecule has 0 atom stereocenters. The number of nitrogens with zero attached hydrogens (tertiary/aromatic N) is 1. The number of ketones is 2. The Labute approximate surface area is 203 Å². The van der Waals surface area contributed by atoms with Crippen LogP contribution in [0.5, 0.6) is 5.75 Å². The summed E-state index contributed by atoms with van der Waals surface area (Å²) in [7, 11) is 0. The number of esters is 1. The smallest absolute Gasteiger partial charge is 0.365 e. The molecule has 2 aromatic rings. The fraction of sp³-hybridized carbons (Fsp3) is 0.304. The lowest BCUT2D eigenvalue weighted by Crippen LogP contribution is -2.25. The lowest BCUT2D eigenvalue weighted by atomic mass is 9.74. The van der Waals surface area contributed by atoms with Gasteiger partial charge in [0.15, 0.2) is 17.3 Å². The van der Waals surface area contributed by atoms with E-state index in [0.717, 1.165) is 11.5 Å². The average Bonchev–Trinajstić information content (AvgIpc) is 3.11. The first-order chi connectivity index (χ1) is 15.8. The van der Waals surface area contributed by atoms with Gasteiger partial charge in [-0.25, -0.2) is 4.79 Å². The third-order valence-corrected chi connectivity index (χ3v) is 7.24. The standard InChI is InChI=1S/C23H19Cl2NO6S/c24-20-21(26-33-22(20)25)23(31)32-12-5-1-4-11(10-12)17(18-13(27)6-2-7-14(18)28)19-15(29)8-3-9-16(19)30/h1,4-5,10,17,27,29H,2-3,6-9H2. The van der Waals surface area contributed by atoms with Crippen LogP contribution in [-0.4, -0.2) is 32.1 Å². The van der Waals surface area contributed by atoms with E-state index in [0.29, 0.717) is 31.2 Å². The summed E-state index contributed by atoms with van der Waals surface area (Å²) in [6, 6.07) is 6.26. The van der Waals surface area contributed by atoms with Gasteiger partial charge in [-0.05, 0) is 42.1 Å². The summed E-state index contributed by atoms with van der Waals surface area (Å²) in [6.07, 6.45) is 2.09. The number of aliphatic hydroxyl groups is 2. The molecule has 1 aromatic heterocycles. The second-order valence-electron chi connectivity index (χ2n) is 7.79. The minimum absolute atomic E-state index is 0.00791. The molecule has 2 N–H and O–H groups in total. The van der Waals surface area contributed by atoms with Crippen molar-refractivity contribution in [3.63, 3.8) is 0 Å². The molecular formula is C23H19Cl2NO6S. The normalized spacial score (nSPS) is 17.2. The van der Waals surface area contributed by atoms with E-state index in [-0.39, 0.29) is 67.9 Å². The lowest BCUT2D eigenvalue weighted by Gasteiger charge is -2.28. The molecule has 0 saturated heterocycles. The van der Waals surface area contributed by atoms with Crippen LogP contribution >= 0.6 is 34.7 Å². The number of ether oxygens (including phenoxy) is 1. The van der Waals surface area contributed by atoms with Crippen molar-refractivity contribution in [3.8, 4) is 5.75 Å². The third-order valence-electron chi connectivity index (χ3n) is 5.63. The maximum absolute atomic E-state index is 12.8. The quantitative estimate of drug-likeness (QED) is 0.383. The number of carbonyl (C=O) groups is 3. The summed E-state index contributed by atoms with van der Waals surface area (Å²) in [4.78, 5) is 38.1. The van der Waals surface area contributed by atoms with E-state index in [1.54, 1.807) is 12.1 Å². The zero-order valence-corrected chi connectivity index (χ0v) is 19.6. The van der Waals surface area contributed by atoms with Gasteiger partial charge in [0.1, 0.15) is 15.1 Å². The Bertz CT molecular complexity index is 1170. The third kappa shape index (κ3) is 4.69. The van der Waals surface area contributed by atoms with Crippen LogP contribution in [0, 0.1) is 0 Å². The molecule has 0 fully saturated rings. The zero-order valence-electron chi connectivity index (χ0n) is 17.3. The van der Waals surface area contributed by atoms with Gasteiger partial charge in [-0.2, -0.15) is 4.37 Å². The maximum Gasteiger partial charge on any atom is 0.365 e. The molecule has 33 heavy (non-hydrogen) atoms. The first-order valence-corrected chi connectivity index (χ1v) is 11.8. The lowest BCUT2D eigenvalue weighted by molar-refractivity contribution is -0.117. The topological polar surface area (TPSA) is 114 Å². The summed E-state index contributed by atoms with van der Waals surface area (Å²) in [5.74, 6) is -2.43. The largest absolute Gasteiger partial charge is 0.512 e. The number of halogens is 2. The van der Waals surface area contributed by atoms with Crippen LogP contribution in [-0.2, 0) is 9.59 Å². The number of Topliss-reactive ketones (excluding diaryl/α,β-unsaturated/α-hetero) is 2. The number of benzene rings is 1. The van der Waals surface area contributed by atoms with Crippen LogP contribution in [0.2, 0.25) is 9.36 Å². The molecule has 172 valence electrons. The van der Waals surface area contributed by atoms with Crippen molar-refractivity contribution in [1.29, 1.82) is 0 Å². The average molecular weight is 508 g/mol. The van der Waals surface area contributed by atoms with Crippen LogP contribution in [0.25, 0.3) is 0 Å². The summed E-state index contributed by atoms with van der Waals surface area (Å²) in [5.41, 5.74) is 0.488. The van der Waals surface area contributed by atoms with E-state index in [4.69, 9.17) is 27.9 Å². The molecule has 1 aromatic carbocycles. The number of aliphatic hydroxyl groups excluding tert-OH is 2. The highest BCUT2D eigenvalue weighted by Gasteiger charge is 2.37. The van der Waals surface area contributed by atoms with Crippen molar-refractivity contribution in [2.45, 2.75) is 44.4 Å². The van der Waals surface area contributed by atoms with Crippen LogP contribution in [0.15, 0.2) is 46.9 Å². The molecule has 0 spiro atoms. The number of hydrogen-bond donors (Lipinski definition) is 2. The fourth-order valence-electron chi connectivity index (χ4n) is 4.12. The molecule has 7 nitrogen and oxygen atoms in total. The number of rotatable bonds is 5. The predicted octanol–water partition coefficient (Wildman–Crippen LogP) is 5.88. The molecule has 2 aliphatic rings. The van der Waals surface area contributed by atoms with E-state index >= 15 is 0 Å². The van der Waals surface area contributed by atoms with E-state index < -0.39 is 11.9 Å². The van der Waals surface area contributed by atoms with Crippen molar-refractivity contribution in [1.82, 2.24) is 4.37 Å². The van der Waals surface area contributed by atoms with Crippen molar-refractivity contribution in [2.75, 3.05) is 0 Å². The molecule has 0 unspecified atom stereocenters. The van der Waals surface area contributed by atoms with Gasteiger partial charge < -0.3 is 14.9 Å². The van der Waals surface area contributed by atoms with Gasteiger partial charge in [0.2, 0.25) is 0 Å². The molecule has 0 radical (unpaired) electrons. The SMILES string of the molecule is O=C1CCCC(O)=C1C(C1=C(O)CCCC1=O)c1cccc(OC(=O)c2nsc(Cl)c2Cl)c1. The Kier molecular flexibility index (Phi) is 6.88. The van der Waals surface area contributed by atoms with Crippen molar-refractivity contribution >= 4 is 52.3 Å². The number of carbonyl (C=O) groups excluding carboxylic acids is 3. The van der Waals surface area contributed by atoms with Gasteiger partial charge in [-0.3, -0.25) is 9.59 Å². The van der Waals surface area contributed by atoms with E-state index in [2.05, 4.69) is 4.37 Å². The van der Waals surface area contributed by atoms with Crippen molar-refractivity contribution in [2.24, 2.45) is 0 Å². The second kappa shape index (κ2) is 9.67. The summed E-state index contributed by atoms with van der Waals surface area (Å²) in [6.45, 7) is 0. The van der Waals surface area contributed by atoms with E-state index in [1.807, 2.05) is 0 Å². The summed E-state index contributed by atoms with van der Waals surface area (Å²) < 4.78 is 9.45. The van der Waals surface area contributed by atoms with E-state index in [1.165, 1.54) is 12.1 Å². The molecular weight excluding hydrogens is 489 g/mol. The van der Waals surface area contributed by atoms with Crippen LogP contribution < -0.4 is 4.74 Å². The van der Waals surface area contributed by atoms with Gasteiger partial charge in [0.05, 0.1) is 11.5 Å². The highest BCUT2D eigenvalue weighted by molar-refractivity contribution is 7.11. The molecule has 0 saturated carbocycles. The molecule has 4 rings (SSSR count). The monoisotopic (exact) mass is 507 g/mol. The van der Waals surface area contributed by atoms with Crippen LogP contribution in [0.3, 0.4) is 0 Å². The van der Waals surface area contributed by atoms with Crippen molar-refractivity contribution in [3.05, 3.63) is 67.5 Å². The summed E-state index contributed by atoms with van der Waals surface area (Å²) in [5, 5.41) is 21.2. The molecule has 0 bridgehead atoms. The number of hydrogen-bond acceptors (Lipinski definition) is 8. The highest BCUT2D eigenvalue weighted by atomic mass is 35.5. The Morgan fingerprint density at radius 3 is 2.12 bits per heavy atom. The van der Waals surface area contributed by atoms with Crippen LogP contribution in [0.1, 0.15) is 60.5 Å². The Balaban J connectivity index is 1.77. The first kappa shape index (κ1) is 23.5. The van der Waals surface area contributed by atoms with Gasteiger partial charge >= 0.3 is 5.97 Å². The number of allylic oxidation sites excluding steroid dienone is 4. The molecule has 0 amide bonds. The van der Waals surface area contributed by atoms with Crippen molar-refractivity contribution < 1.29 is 29.3 Å². The van der Waals surface area contributed by atoms with Gasteiger partial charge in [0, 0.05) is 42.7 Å². The zero-order chi connectivity index (χ0) is 23.7. The maximum atomic E-state index is 12.8. The van der Waals surface area contributed by atoms with Crippen LogP contribution in [0.4, 0.5) is 0 Å². The minimum atomic E-state index is -0.971. The van der Waals surface area contributed by atoms with Gasteiger partial charge in [-0.1, -0.05) is 35.3 Å². The highest BCUT2D eigenvalue weighted by Crippen LogP contribution is 2.42. The Hall–Kier alpha value is -2.68. The number of aromatic nitrogens is 1. The molecule has 2 aliphatic carbocycles. The van der Waals surface area contributed by atoms with Gasteiger partial charge in [0.25, 0.3) is 0 Å². The molecule has 1 heterocycles. The second-order valence-corrected chi connectivity index (χ2v) is 9.54. The van der Waals surface area contributed by atoms with Gasteiger partial charge in [-0.15, -0.1) is 0 Å². The predicted molar refractivity (Wildman–Crippen MR) is 123 cm³/mol. The Morgan fingerprint density at radius 2 is 1.61 bits per heavy atom. The minimum Gasteiger partial charge on any atom is -0.512 e. The first-order valence-electron chi connectivity index (χ1n) is 10.3. The summed E-state index contributed by atoms with van der Waals surface area (Å²) >= 11 is 12.7. The fourth-order valence-corrected chi connectivity index (χ4v) is 5.11. The molecule has 10 heteroatoms. The molecule has 0 aliphatic heterocycles. The van der Waals surface area contributed by atoms with E-state index in [9.17, 15) is 24.6 Å². The Morgan fingerprint density at radius 1 is 1.00 bits per heavy atom.